The molecule has 0 aliphatic rings. The Kier molecular flexibility index (Phi) is 5.91. The van der Waals surface area contributed by atoms with Crippen LogP contribution in [0.2, 0.25) is 0 Å². The Morgan fingerprint density at radius 1 is 1.03 bits per heavy atom. The molecule has 0 unspecified atom stereocenters. The highest BCUT2D eigenvalue weighted by Gasteiger charge is 2.17. The second-order valence-corrected chi connectivity index (χ2v) is 8.30. The number of carbonyl (C=O) groups is 1. The predicted molar refractivity (Wildman–Crippen MR) is 134 cm³/mol. The van der Waals surface area contributed by atoms with E-state index in [4.69, 9.17) is 0 Å². The number of hydrogen-bond acceptors (Lipinski definition) is 4. The van der Waals surface area contributed by atoms with Gasteiger partial charge >= 0.3 is 0 Å². The second kappa shape index (κ2) is 8.83. The summed E-state index contributed by atoms with van der Waals surface area (Å²) in [7, 11) is 0. The van der Waals surface area contributed by atoms with Crippen molar-refractivity contribution in [2.24, 2.45) is 0 Å². The van der Waals surface area contributed by atoms with Gasteiger partial charge < -0.3 is 5.32 Å². The highest BCUT2D eigenvalue weighted by Crippen LogP contribution is 2.22. The first-order chi connectivity index (χ1) is 16.2. The van der Waals surface area contributed by atoms with E-state index in [2.05, 4.69) is 10.3 Å². The maximum absolute atomic E-state index is 13.3. The van der Waals surface area contributed by atoms with Gasteiger partial charge in [-0.3, -0.25) is 14.3 Å². The second-order valence-electron chi connectivity index (χ2n) is 8.30. The van der Waals surface area contributed by atoms with Gasteiger partial charge in [-0.25, -0.2) is 4.98 Å². The van der Waals surface area contributed by atoms with Crippen molar-refractivity contribution in [2.75, 3.05) is 5.32 Å². The van der Waals surface area contributed by atoms with Crippen molar-refractivity contribution in [1.29, 1.82) is 5.26 Å². The number of amides is 1. The molecule has 0 spiro atoms. The Morgan fingerprint density at radius 3 is 2.50 bits per heavy atom. The van der Waals surface area contributed by atoms with Gasteiger partial charge in [0.2, 0.25) is 0 Å². The number of nitriles is 1. The first kappa shape index (κ1) is 22.7. The van der Waals surface area contributed by atoms with Crippen LogP contribution in [0.1, 0.15) is 33.9 Å². The van der Waals surface area contributed by atoms with Gasteiger partial charge in [0.05, 0.1) is 10.9 Å². The Hall–Kier alpha value is -4.44. The van der Waals surface area contributed by atoms with Gasteiger partial charge in [-0.05, 0) is 81.7 Å². The Morgan fingerprint density at radius 2 is 1.76 bits per heavy atom. The lowest BCUT2D eigenvalue weighted by atomic mass is 10.1. The number of aromatic nitrogens is 3. The molecule has 0 aliphatic heterocycles. The molecule has 1 amide bonds. The van der Waals surface area contributed by atoms with Crippen LogP contribution in [0, 0.1) is 45.9 Å². The minimum Gasteiger partial charge on any atom is -0.321 e. The van der Waals surface area contributed by atoms with Crippen LogP contribution in [0.15, 0.2) is 58.9 Å². The summed E-state index contributed by atoms with van der Waals surface area (Å²) in [4.78, 5) is 30.7. The molecule has 170 valence electrons. The minimum absolute atomic E-state index is 0.0261. The Labute approximate surface area is 197 Å². The summed E-state index contributed by atoms with van der Waals surface area (Å²) >= 11 is 0. The summed E-state index contributed by atoms with van der Waals surface area (Å²) in [5.74, 6) is 0.0518. The lowest BCUT2D eigenvalue weighted by Crippen LogP contribution is -2.30. The highest BCUT2D eigenvalue weighted by atomic mass is 16.2. The number of carbonyl (C=O) groups excluding carboxylic acids is 1. The van der Waals surface area contributed by atoms with E-state index >= 15 is 0 Å². The number of nitrogens with zero attached hydrogens (tertiary/aromatic N) is 4. The van der Waals surface area contributed by atoms with Crippen molar-refractivity contribution in [3.05, 3.63) is 98.4 Å². The van der Waals surface area contributed by atoms with Gasteiger partial charge in [0.1, 0.15) is 17.5 Å². The normalized spacial score (nSPS) is 11.5. The fourth-order valence-electron chi connectivity index (χ4n) is 4.08. The molecule has 4 aromatic rings. The third-order valence-electron chi connectivity index (χ3n) is 6.07. The number of nitrogens with one attached hydrogen (secondary N) is 1. The van der Waals surface area contributed by atoms with Crippen molar-refractivity contribution >= 4 is 28.6 Å². The van der Waals surface area contributed by atoms with E-state index in [0.29, 0.717) is 33.7 Å². The van der Waals surface area contributed by atoms with Crippen molar-refractivity contribution in [3.8, 4) is 6.07 Å². The van der Waals surface area contributed by atoms with Crippen molar-refractivity contribution in [1.82, 2.24) is 14.3 Å². The van der Waals surface area contributed by atoms with E-state index in [-0.39, 0.29) is 11.1 Å². The summed E-state index contributed by atoms with van der Waals surface area (Å²) in [5.41, 5.74) is 5.25. The molecule has 0 saturated carbocycles. The summed E-state index contributed by atoms with van der Waals surface area (Å²) in [6.45, 7) is 9.38. The molecule has 0 atom stereocenters. The molecule has 0 aliphatic carbocycles. The number of hydrogen-bond donors (Lipinski definition) is 1. The monoisotopic (exact) mass is 451 g/mol. The lowest BCUT2D eigenvalue weighted by Gasteiger charge is -2.16. The summed E-state index contributed by atoms with van der Waals surface area (Å²) in [6.07, 6.45) is 1.55. The van der Waals surface area contributed by atoms with Gasteiger partial charge in [-0.1, -0.05) is 24.3 Å². The van der Waals surface area contributed by atoms with Gasteiger partial charge in [-0.15, -0.1) is 0 Å². The molecule has 2 heterocycles. The topological polar surface area (TPSA) is 92.7 Å². The number of rotatable bonds is 4. The van der Waals surface area contributed by atoms with E-state index < -0.39 is 5.91 Å². The number of para-hydroxylation sites is 1. The number of anilines is 1. The molecule has 0 saturated heterocycles. The molecule has 2 aromatic carbocycles. The molecular weight excluding hydrogens is 426 g/mol. The summed E-state index contributed by atoms with van der Waals surface area (Å²) < 4.78 is 3.28. The van der Waals surface area contributed by atoms with Gasteiger partial charge in [0.25, 0.3) is 11.5 Å². The Bertz CT molecular complexity index is 1580. The van der Waals surface area contributed by atoms with Crippen LogP contribution < -0.4 is 10.9 Å². The standard InChI is InChI=1S/C27H25N5O2/c1-16-9-8-12-24(18(16)3)30-26(33)22(15-28)14-21-13-17(2)31(19(21)4)32-20(5)29-25-11-7-6-10-23(25)27(32)34/h6-14H,1-5H3,(H,30,33). The van der Waals surface area contributed by atoms with Crippen LogP contribution >= 0.6 is 0 Å². The number of aryl methyl sites for hydroxylation is 3. The highest BCUT2D eigenvalue weighted by molar-refractivity contribution is 6.10. The summed E-state index contributed by atoms with van der Waals surface area (Å²) in [6, 6.07) is 16.7. The van der Waals surface area contributed by atoms with E-state index in [1.807, 2.05) is 76.2 Å². The van der Waals surface area contributed by atoms with Crippen molar-refractivity contribution in [2.45, 2.75) is 34.6 Å². The van der Waals surface area contributed by atoms with Crippen LogP contribution in [-0.4, -0.2) is 20.2 Å². The first-order valence-corrected chi connectivity index (χ1v) is 10.9. The number of benzene rings is 2. The number of fused-ring (bicyclic) bond motifs is 1. The fourth-order valence-corrected chi connectivity index (χ4v) is 4.08. The molecule has 7 nitrogen and oxygen atoms in total. The predicted octanol–water partition coefficient (Wildman–Crippen LogP) is 4.60. The van der Waals surface area contributed by atoms with Crippen LogP contribution in [0.3, 0.4) is 0 Å². The van der Waals surface area contributed by atoms with Gasteiger partial charge in [0.15, 0.2) is 0 Å². The molecule has 0 fully saturated rings. The van der Waals surface area contributed by atoms with Gasteiger partial charge in [-0.2, -0.15) is 9.94 Å². The van der Waals surface area contributed by atoms with E-state index in [1.54, 1.807) is 23.7 Å². The maximum atomic E-state index is 13.3. The van der Waals surface area contributed by atoms with Crippen LogP contribution in [-0.2, 0) is 4.79 Å². The van der Waals surface area contributed by atoms with Crippen molar-refractivity contribution in [3.63, 3.8) is 0 Å². The molecule has 7 heteroatoms. The molecule has 1 N–H and O–H groups in total. The largest absolute Gasteiger partial charge is 0.321 e. The van der Waals surface area contributed by atoms with Gasteiger partial charge in [0, 0.05) is 17.1 Å². The average molecular weight is 452 g/mol. The van der Waals surface area contributed by atoms with Crippen LogP contribution in [0.25, 0.3) is 17.0 Å². The van der Waals surface area contributed by atoms with E-state index in [9.17, 15) is 14.9 Å². The quantitative estimate of drug-likeness (QED) is 0.363. The Balaban J connectivity index is 1.77. The van der Waals surface area contributed by atoms with E-state index in [1.165, 1.54) is 4.68 Å². The van der Waals surface area contributed by atoms with Crippen LogP contribution in [0.4, 0.5) is 5.69 Å². The molecule has 0 bridgehead atoms. The molecule has 0 radical (unpaired) electrons. The molecule has 4 rings (SSSR count). The third-order valence-corrected chi connectivity index (χ3v) is 6.07. The molecular formula is C27H25N5O2. The third kappa shape index (κ3) is 3.90. The van der Waals surface area contributed by atoms with Crippen molar-refractivity contribution < 1.29 is 4.79 Å². The zero-order valence-corrected chi connectivity index (χ0v) is 19.8. The summed E-state index contributed by atoms with van der Waals surface area (Å²) in [5, 5.41) is 13.0. The SMILES string of the molecule is Cc1cccc(NC(=O)C(C#N)=Cc2cc(C)n(-n3c(C)nc4ccccc4c3=O)c2C)c1C. The maximum Gasteiger partial charge on any atom is 0.280 e. The zero-order chi connectivity index (χ0) is 24.6. The van der Waals surface area contributed by atoms with E-state index in [0.717, 1.165) is 16.8 Å². The zero-order valence-electron chi connectivity index (χ0n) is 19.8. The van der Waals surface area contributed by atoms with Crippen LogP contribution in [0.5, 0.6) is 0 Å². The lowest BCUT2D eigenvalue weighted by molar-refractivity contribution is -0.112. The molecule has 34 heavy (non-hydrogen) atoms. The smallest absolute Gasteiger partial charge is 0.280 e. The average Bonchev–Trinajstić information content (AvgIpc) is 3.08. The molecule has 2 aromatic heterocycles. The minimum atomic E-state index is -0.485. The fraction of sp³-hybridized carbons (Fsp3) is 0.185. The first-order valence-electron chi connectivity index (χ1n) is 10.9.